The van der Waals surface area contributed by atoms with Gasteiger partial charge in [-0.25, -0.2) is 0 Å². The standard InChI is InChI=1S/C8H13NO3S/c1-9(6-2-3-6)7(10)4-13-5-8(11)12/h6H,2-5H2,1H3,(H,11,12). The molecule has 1 fully saturated rings. The number of carbonyl (C=O) groups excluding carboxylic acids is 1. The van der Waals surface area contributed by atoms with Crippen LogP contribution in [0.1, 0.15) is 12.8 Å². The second-order valence-electron chi connectivity index (χ2n) is 3.12. The molecule has 0 aromatic carbocycles. The molecule has 0 atom stereocenters. The Morgan fingerprint density at radius 3 is 2.54 bits per heavy atom. The number of hydrogen-bond donors (Lipinski definition) is 1. The van der Waals surface area contributed by atoms with E-state index in [1.165, 1.54) is 0 Å². The van der Waals surface area contributed by atoms with Crippen LogP contribution in [0.3, 0.4) is 0 Å². The number of aliphatic carboxylic acids is 1. The Kier molecular flexibility index (Phi) is 3.59. The molecule has 74 valence electrons. The largest absolute Gasteiger partial charge is 0.481 e. The Hall–Kier alpha value is -0.710. The van der Waals surface area contributed by atoms with Crippen molar-refractivity contribution in [2.24, 2.45) is 0 Å². The van der Waals surface area contributed by atoms with Crippen LogP contribution in [0.2, 0.25) is 0 Å². The monoisotopic (exact) mass is 203 g/mol. The highest BCUT2D eigenvalue weighted by atomic mass is 32.2. The first-order valence-electron chi connectivity index (χ1n) is 4.16. The molecule has 0 saturated heterocycles. The molecule has 1 N–H and O–H groups in total. The summed E-state index contributed by atoms with van der Waals surface area (Å²) in [4.78, 5) is 23.2. The van der Waals surface area contributed by atoms with E-state index in [1.807, 2.05) is 0 Å². The molecule has 0 aliphatic heterocycles. The zero-order valence-electron chi connectivity index (χ0n) is 7.52. The number of carbonyl (C=O) groups is 2. The molecule has 0 radical (unpaired) electrons. The highest BCUT2D eigenvalue weighted by molar-refractivity contribution is 8.00. The molecule has 0 aromatic heterocycles. The molecular weight excluding hydrogens is 190 g/mol. The minimum absolute atomic E-state index is 0.00421. The molecule has 4 nitrogen and oxygen atoms in total. The molecule has 5 heteroatoms. The van der Waals surface area contributed by atoms with Gasteiger partial charge in [0.1, 0.15) is 0 Å². The number of rotatable bonds is 5. The number of carboxylic acid groups (broad SMARTS) is 1. The van der Waals surface area contributed by atoms with Gasteiger partial charge in [0.25, 0.3) is 0 Å². The van der Waals surface area contributed by atoms with Gasteiger partial charge in [0.2, 0.25) is 5.91 Å². The summed E-state index contributed by atoms with van der Waals surface area (Å²) in [5, 5.41) is 8.34. The Morgan fingerprint density at radius 1 is 1.46 bits per heavy atom. The molecule has 0 spiro atoms. The fraction of sp³-hybridized carbons (Fsp3) is 0.750. The Morgan fingerprint density at radius 2 is 2.08 bits per heavy atom. The van der Waals surface area contributed by atoms with E-state index in [1.54, 1.807) is 11.9 Å². The summed E-state index contributed by atoms with van der Waals surface area (Å²) in [5.74, 6) is -0.551. The van der Waals surface area contributed by atoms with Crippen molar-refractivity contribution >= 4 is 23.6 Å². The van der Waals surface area contributed by atoms with E-state index < -0.39 is 5.97 Å². The Bertz CT molecular complexity index is 215. The van der Waals surface area contributed by atoms with Gasteiger partial charge in [-0.05, 0) is 12.8 Å². The van der Waals surface area contributed by atoms with Crippen LogP contribution in [0.15, 0.2) is 0 Å². The molecule has 0 unspecified atom stereocenters. The van der Waals surface area contributed by atoms with Crippen molar-refractivity contribution in [2.45, 2.75) is 18.9 Å². The van der Waals surface area contributed by atoms with Gasteiger partial charge in [-0.15, -0.1) is 11.8 Å². The minimum atomic E-state index is -0.869. The molecule has 0 aromatic rings. The maximum Gasteiger partial charge on any atom is 0.313 e. The third-order valence-electron chi connectivity index (χ3n) is 1.94. The second-order valence-corrected chi connectivity index (χ2v) is 4.11. The maximum absolute atomic E-state index is 11.3. The number of thioether (sulfide) groups is 1. The van der Waals surface area contributed by atoms with Crippen molar-refractivity contribution in [3.8, 4) is 0 Å². The van der Waals surface area contributed by atoms with E-state index >= 15 is 0 Å². The van der Waals surface area contributed by atoms with E-state index in [4.69, 9.17) is 5.11 Å². The number of amides is 1. The first-order chi connectivity index (χ1) is 6.11. The maximum atomic E-state index is 11.3. The fourth-order valence-electron chi connectivity index (χ4n) is 0.993. The van der Waals surface area contributed by atoms with Gasteiger partial charge in [-0.3, -0.25) is 9.59 Å². The van der Waals surface area contributed by atoms with E-state index in [9.17, 15) is 9.59 Å². The summed E-state index contributed by atoms with van der Waals surface area (Å²) in [6.45, 7) is 0. The lowest BCUT2D eigenvalue weighted by atomic mass is 10.5. The summed E-state index contributed by atoms with van der Waals surface area (Å²) in [6, 6.07) is 0.415. The molecule has 13 heavy (non-hydrogen) atoms. The third kappa shape index (κ3) is 3.67. The van der Waals surface area contributed by atoms with Crippen LogP contribution in [-0.2, 0) is 9.59 Å². The molecule has 1 aliphatic rings. The first kappa shape index (κ1) is 10.4. The molecule has 1 amide bonds. The van der Waals surface area contributed by atoms with Crippen LogP contribution in [0.25, 0.3) is 0 Å². The van der Waals surface area contributed by atoms with Gasteiger partial charge in [0, 0.05) is 13.1 Å². The summed E-state index contributed by atoms with van der Waals surface area (Å²) in [7, 11) is 1.78. The van der Waals surface area contributed by atoms with Crippen LogP contribution >= 0.6 is 11.8 Å². The van der Waals surface area contributed by atoms with Crippen molar-refractivity contribution in [3.05, 3.63) is 0 Å². The summed E-state index contributed by atoms with van der Waals surface area (Å²) >= 11 is 1.15. The lowest BCUT2D eigenvalue weighted by Crippen LogP contribution is -2.30. The molecule has 1 saturated carbocycles. The molecule has 0 heterocycles. The summed E-state index contributed by atoms with van der Waals surface area (Å²) < 4.78 is 0. The fourth-order valence-corrected chi connectivity index (χ4v) is 1.65. The molecule has 1 rings (SSSR count). The van der Waals surface area contributed by atoms with E-state index in [-0.39, 0.29) is 17.4 Å². The van der Waals surface area contributed by atoms with E-state index in [0.29, 0.717) is 6.04 Å². The third-order valence-corrected chi connectivity index (χ3v) is 2.84. The van der Waals surface area contributed by atoms with Gasteiger partial charge < -0.3 is 10.0 Å². The quantitative estimate of drug-likeness (QED) is 0.703. The molecular formula is C8H13NO3S. The van der Waals surface area contributed by atoms with Crippen LogP contribution in [0.4, 0.5) is 0 Å². The van der Waals surface area contributed by atoms with Crippen molar-refractivity contribution in [1.29, 1.82) is 0 Å². The lowest BCUT2D eigenvalue weighted by molar-refractivity contribution is -0.133. The normalized spacial score (nSPS) is 15.5. The zero-order chi connectivity index (χ0) is 9.84. The number of carboxylic acids is 1. The second kappa shape index (κ2) is 4.50. The van der Waals surface area contributed by atoms with Crippen LogP contribution < -0.4 is 0 Å². The Labute approximate surface area is 81.3 Å². The van der Waals surface area contributed by atoms with Crippen molar-refractivity contribution in [2.75, 3.05) is 18.6 Å². The predicted molar refractivity (Wildman–Crippen MR) is 50.8 cm³/mol. The number of hydrogen-bond acceptors (Lipinski definition) is 3. The lowest BCUT2D eigenvalue weighted by Gasteiger charge is -2.15. The predicted octanol–water partition coefficient (Wildman–Crippen LogP) is 0.425. The van der Waals surface area contributed by atoms with Gasteiger partial charge in [0.15, 0.2) is 0 Å². The highest BCUT2D eigenvalue weighted by Gasteiger charge is 2.29. The van der Waals surface area contributed by atoms with Crippen LogP contribution in [0, 0.1) is 0 Å². The molecule has 1 aliphatic carbocycles. The highest BCUT2D eigenvalue weighted by Crippen LogP contribution is 2.25. The number of nitrogens with zero attached hydrogens (tertiary/aromatic N) is 1. The minimum Gasteiger partial charge on any atom is -0.481 e. The zero-order valence-corrected chi connectivity index (χ0v) is 8.34. The molecule has 0 bridgehead atoms. The average molecular weight is 203 g/mol. The van der Waals surface area contributed by atoms with E-state index in [0.717, 1.165) is 24.6 Å². The topological polar surface area (TPSA) is 57.6 Å². The van der Waals surface area contributed by atoms with Gasteiger partial charge >= 0.3 is 5.97 Å². The van der Waals surface area contributed by atoms with Gasteiger partial charge in [-0.2, -0.15) is 0 Å². The van der Waals surface area contributed by atoms with Crippen molar-refractivity contribution in [1.82, 2.24) is 4.90 Å². The van der Waals surface area contributed by atoms with E-state index in [2.05, 4.69) is 0 Å². The van der Waals surface area contributed by atoms with Crippen LogP contribution in [-0.4, -0.2) is 46.5 Å². The smallest absolute Gasteiger partial charge is 0.313 e. The first-order valence-corrected chi connectivity index (χ1v) is 5.32. The van der Waals surface area contributed by atoms with Crippen molar-refractivity contribution < 1.29 is 14.7 Å². The van der Waals surface area contributed by atoms with Gasteiger partial charge in [-0.1, -0.05) is 0 Å². The summed E-state index contributed by atoms with van der Waals surface area (Å²) in [6.07, 6.45) is 2.18. The van der Waals surface area contributed by atoms with Crippen LogP contribution in [0.5, 0.6) is 0 Å². The summed E-state index contributed by atoms with van der Waals surface area (Å²) in [5.41, 5.74) is 0. The van der Waals surface area contributed by atoms with Crippen molar-refractivity contribution in [3.63, 3.8) is 0 Å². The average Bonchev–Trinajstić information content (AvgIpc) is 2.84. The Balaban J connectivity index is 2.13. The van der Waals surface area contributed by atoms with Gasteiger partial charge in [0.05, 0.1) is 11.5 Å². The SMILES string of the molecule is CN(C(=O)CSCC(=O)O)C1CC1.